The van der Waals surface area contributed by atoms with E-state index in [-0.39, 0.29) is 5.91 Å². The molecule has 0 aliphatic carbocycles. The van der Waals surface area contributed by atoms with Crippen LogP contribution in [0.25, 0.3) is 11.3 Å². The molecule has 0 aliphatic heterocycles. The number of thiophene rings is 1. The standard InChI is InChI=1S/C19H20N4OS/c1-13(2)10-14-5-7-15(8-6-14)17-11-18(22-21-17)19(24)23-20-12-16-4-3-9-25-16/h3-9,11-13H,10H2,1-2H3,(H,21,22)(H,23,24)/b20-12+. The summed E-state index contributed by atoms with van der Waals surface area (Å²) in [6.07, 6.45) is 2.67. The molecule has 5 nitrogen and oxygen atoms in total. The molecule has 2 heterocycles. The summed E-state index contributed by atoms with van der Waals surface area (Å²) in [5, 5.41) is 12.9. The number of aromatic amines is 1. The van der Waals surface area contributed by atoms with Gasteiger partial charge in [0.05, 0.1) is 11.9 Å². The van der Waals surface area contributed by atoms with Gasteiger partial charge in [-0.25, -0.2) is 5.43 Å². The van der Waals surface area contributed by atoms with Gasteiger partial charge >= 0.3 is 0 Å². The first-order valence-corrected chi connectivity index (χ1v) is 9.01. The number of amides is 1. The first-order chi connectivity index (χ1) is 12.1. The van der Waals surface area contributed by atoms with Crippen molar-refractivity contribution < 1.29 is 4.79 Å². The molecule has 0 atom stereocenters. The van der Waals surface area contributed by atoms with Gasteiger partial charge in [-0.1, -0.05) is 44.2 Å². The summed E-state index contributed by atoms with van der Waals surface area (Å²) < 4.78 is 0. The van der Waals surface area contributed by atoms with Crippen LogP contribution in [0.1, 0.15) is 34.8 Å². The fourth-order valence-corrected chi connectivity index (χ4v) is 3.03. The third-order valence-corrected chi connectivity index (χ3v) is 4.42. The monoisotopic (exact) mass is 352 g/mol. The number of nitrogens with one attached hydrogen (secondary N) is 2. The fourth-order valence-electron chi connectivity index (χ4n) is 2.45. The number of aromatic nitrogens is 2. The highest BCUT2D eigenvalue weighted by Crippen LogP contribution is 2.19. The summed E-state index contributed by atoms with van der Waals surface area (Å²) in [5.74, 6) is 0.309. The third-order valence-electron chi connectivity index (χ3n) is 3.62. The van der Waals surface area contributed by atoms with Crippen molar-refractivity contribution in [2.24, 2.45) is 11.0 Å². The summed E-state index contributed by atoms with van der Waals surface area (Å²) in [6.45, 7) is 4.40. The number of benzene rings is 1. The van der Waals surface area contributed by atoms with Gasteiger partial charge in [-0.3, -0.25) is 9.89 Å². The molecule has 0 fully saturated rings. The van der Waals surface area contributed by atoms with Crippen LogP contribution in [0.15, 0.2) is 52.9 Å². The number of nitrogens with zero attached hydrogens (tertiary/aromatic N) is 2. The minimum absolute atomic E-state index is 0.317. The lowest BCUT2D eigenvalue weighted by molar-refractivity contribution is 0.0950. The molecule has 0 saturated heterocycles. The summed E-state index contributed by atoms with van der Waals surface area (Å²) in [7, 11) is 0. The van der Waals surface area contributed by atoms with Crippen molar-refractivity contribution in [2.75, 3.05) is 0 Å². The Balaban J connectivity index is 1.64. The second-order valence-corrected chi connectivity index (χ2v) is 7.16. The van der Waals surface area contributed by atoms with E-state index in [1.807, 2.05) is 29.6 Å². The highest BCUT2D eigenvalue weighted by Gasteiger charge is 2.10. The quantitative estimate of drug-likeness (QED) is 0.518. The minimum atomic E-state index is -0.317. The number of rotatable bonds is 6. The average Bonchev–Trinajstić information content (AvgIpc) is 3.26. The number of hydrazone groups is 1. The van der Waals surface area contributed by atoms with E-state index in [1.54, 1.807) is 23.6 Å². The lowest BCUT2D eigenvalue weighted by Crippen LogP contribution is -2.17. The van der Waals surface area contributed by atoms with Crippen molar-refractivity contribution in [3.05, 3.63) is 64.0 Å². The predicted octanol–water partition coefficient (Wildman–Crippen LogP) is 4.10. The molecule has 3 aromatic rings. The Hall–Kier alpha value is -2.73. The minimum Gasteiger partial charge on any atom is -0.272 e. The van der Waals surface area contributed by atoms with Gasteiger partial charge in [0, 0.05) is 10.4 Å². The first-order valence-electron chi connectivity index (χ1n) is 8.13. The molecule has 0 aliphatic rings. The topological polar surface area (TPSA) is 70.1 Å². The molecule has 0 radical (unpaired) electrons. The Morgan fingerprint density at radius 2 is 2.12 bits per heavy atom. The van der Waals surface area contributed by atoms with E-state index in [1.165, 1.54) is 5.56 Å². The fraction of sp³-hybridized carbons (Fsp3) is 0.211. The van der Waals surface area contributed by atoms with E-state index in [0.29, 0.717) is 11.6 Å². The van der Waals surface area contributed by atoms with Gasteiger partial charge in [0.15, 0.2) is 0 Å². The average molecular weight is 352 g/mol. The van der Waals surface area contributed by atoms with Crippen LogP contribution >= 0.6 is 11.3 Å². The zero-order valence-corrected chi connectivity index (χ0v) is 15.0. The Bertz CT molecular complexity index is 848. The number of H-pyrrole nitrogens is 1. The van der Waals surface area contributed by atoms with Crippen molar-refractivity contribution in [1.82, 2.24) is 15.6 Å². The molecular formula is C19H20N4OS. The number of carbonyl (C=O) groups excluding carboxylic acids is 1. The van der Waals surface area contributed by atoms with Crippen LogP contribution in [0, 0.1) is 5.92 Å². The van der Waals surface area contributed by atoms with E-state index in [9.17, 15) is 4.79 Å². The SMILES string of the molecule is CC(C)Cc1ccc(-c2cc(C(=O)N/N=C/c3cccs3)[nH]n2)cc1. The molecule has 0 unspecified atom stereocenters. The second-order valence-electron chi connectivity index (χ2n) is 6.18. The number of hydrogen-bond donors (Lipinski definition) is 2. The van der Waals surface area contributed by atoms with Crippen LogP contribution in [0.3, 0.4) is 0 Å². The first kappa shape index (κ1) is 17.1. The Labute approximate surface area is 150 Å². The van der Waals surface area contributed by atoms with Crippen LogP contribution in [0.2, 0.25) is 0 Å². The molecule has 2 N–H and O–H groups in total. The molecule has 1 amide bonds. The van der Waals surface area contributed by atoms with Gasteiger partial charge in [-0.05, 0) is 35.4 Å². The molecule has 6 heteroatoms. The van der Waals surface area contributed by atoms with Crippen molar-refractivity contribution in [3.8, 4) is 11.3 Å². The van der Waals surface area contributed by atoms with Gasteiger partial charge in [0.1, 0.15) is 5.69 Å². The molecular weight excluding hydrogens is 332 g/mol. The lowest BCUT2D eigenvalue weighted by atomic mass is 10.0. The molecule has 0 bridgehead atoms. The molecule has 2 aromatic heterocycles. The van der Waals surface area contributed by atoms with Crippen LogP contribution in [-0.2, 0) is 6.42 Å². The van der Waals surface area contributed by atoms with Crippen LogP contribution in [0.5, 0.6) is 0 Å². The number of hydrogen-bond acceptors (Lipinski definition) is 4. The Morgan fingerprint density at radius 1 is 1.32 bits per heavy atom. The highest BCUT2D eigenvalue weighted by molar-refractivity contribution is 7.11. The zero-order chi connectivity index (χ0) is 17.6. The summed E-state index contributed by atoms with van der Waals surface area (Å²) in [4.78, 5) is 13.1. The van der Waals surface area contributed by atoms with E-state index >= 15 is 0 Å². The molecule has 25 heavy (non-hydrogen) atoms. The molecule has 0 saturated carbocycles. The van der Waals surface area contributed by atoms with Crippen molar-refractivity contribution in [2.45, 2.75) is 20.3 Å². The maximum Gasteiger partial charge on any atom is 0.289 e. The van der Waals surface area contributed by atoms with Crippen LogP contribution in [-0.4, -0.2) is 22.3 Å². The van der Waals surface area contributed by atoms with Gasteiger partial charge in [0.2, 0.25) is 0 Å². The van der Waals surface area contributed by atoms with Crippen molar-refractivity contribution in [3.63, 3.8) is 0 Å². The van der Waals surface area contributed by atoms with E-state index in [4.69, 9.17) is 0 Å². The summed E-state index contributed by atoms with van der Waals surface area (Å²) in [6, 6.07) is 13.9. The molecule has 1 aromatic carbocycles. The predicted molar refractivity (Wildman–Crippen MR) is 102 cm³/mol. The molecule has 128 valence electrons. The maximum absolute atomic E-state index is 12.1. The summed E-state index contributed by atoms with van der Waals surface area (Å²) >= 11 is 1.56. The molecule has 3 rings (SSSR count). The van der Waals surface area contributed by atoms with Gasteiger partial charge < -0.3 is 0 Å². The Kier molecular flexibility index (Phi) is 5.40. The summed E-state index contributed by atoms with van der Waals surface area (Å²) in [5.41, 5.74) is 5.90. The van der Waals surface area contributed by atoms with E-state index in [0.717, 1.165) is 22.6 Å². The zero-order valence-electron chi connectivity index (χ0n) is 14.2. The van der Waals surface area contributed by atoms with Gasteiger partial charge in [-0.15, -0.1) is 11.3 Å². The largest absolute Gasteiger partial charge is 0.289 e. The normalized spacial score (nSPS) is 11.3. The highest BCUT2D eigenvalue weighted by atomic mass is 32.1. The smallest absolute Gasteiger partial charge is 0.272 e. The third kappa shape index (κ3) is 4.64. The lowest BCUT2D eigenvalue weighted by Gasteiger charge is -2.05. The van der Waals surface area contributed by atoms with Gasteiger partial charge in [0.25, 0.3) is 5.91 Å². The molecule has 0 spiro atoms. The Morgan fingerprint density at radius 3 is 2.80 bits per heavy atom. The maximum atomic E-state index is 12.1. The van der Waals surface area contributed by atoms with Gasteiger partial charge in [-0.2, -0.15) is 10.2 Å². The van der Waals surface area contributed by atoms with E-state index in [2.05, 4.69) is 46.7 Å². The van der Waals surface area contributed by atoms with E-state index < -0.39 is 0 Å². The number of carbonyl (C=O) groups is 1. The van der Waals surface area contributed by atoms with Crippen molar-refractivity contribution >= 4 is 23.5 Å². The van der Waals surface area contributed by atoms with Crippen LogP contribution < -0.4 is 5.43 Å². The second kappa shape index (κ2) is 7.90. The van der Waals surface area contributed by atoms with Crippen LogP contribution in [0.4, 0.5) is 0 Å². The van der Waals surface area contributed by atoms with Crippen molar-refractivity contribution in [1.29, 1.82) is 0 Å².